The van der Waals surface area contributed by atoms with Crippen LogP contribution < -0.4 is 9.46 Å². The molecule has 0 atom stereocenters. The van der Waals surface area contributed by atoms with Crippen molar-refractivity contribution >= 4 is 26.0 Å². The Hall–Kier alpha value is -0.630. The summed E-state index contributed by atoms with van der Waals surface area (Å²) in [5.41, 5.74) is -0.559. The predicted octanol–water partition coefficient (Wildman–Crippen LogP) is 2.16. The zero-order valence-corrected chi connectivity index (χ0v) is 13.8. The molecule has 0 radical (unpaired) electrons. The summed E-state index contributed by atoms with van der Waals surface area (Å²) in [4.78, 5) is 0.173. The fraction of sp³-hybridized carbons (Fsp3) is 0.500. The summed E-state index contributed by atoms with van der Waals surface area (Å²) < 4.78 is 37.6. The van der Waals surface area contributed by atoms with E-state index in [-0.39, 0.29) is 11.4 Å². The lowest BCUT2D eigenvalue weighted by molar-refractivity contribution is 0.0276. The standard InChI is InChI=1S/C12H18BrNO4S/c1-12(2,18-4)8-14-19(15,16)9-5-6-11(17-3)10(13)7-9/h5-7,14H,8H2,1-4H3. The highest BCUT2D eigenvalue weighted by atomic mass is 79.9. The second kappa shape index (κ2) is 6.21. The highest BCUT2D eigenvalue weighted by Gasteiger charge is 2.22. The van der Waals surface area contributed by atoms with Crippen LogP contribution in [0.3, 0.4) is 0 Å². The number of methoxy groups -OCH3 is 2. The van der Waals surface area contributed by atoms with Crippen molar-refractivity contribution in [2.45, 2.75) is 24.3 Å². The molecule has 1 N–H and O–H groups in total. The second-order valence-electron chi connectivity index (χ2n) is 4.58. The molecule has 0 spiro atoms. The SMILES string of the molecule is COc1ccc(S(=O)(=O)NCC(C)(C)OC)cc1Br. The summed E-state index contributed by atoms with van der Waals surface area (Å²) in [5.74, 6) is 0.580. The lowest BCUT2D eigenvalue weighted by atomic mass is 10.1. The Morgan fingerprint density at radius 1 is 1.32 bits per heavy atom. The molecule has 0 aliphatic heterocycles. The smallest absolute Gasteiger partial charge is 0.240 e. The summed E-state index contributed by atoms with van der Waals surface area (Å²) in [5, 5.41) is 0. The maximum atomic E-state index is 12.1. The average molecular weight is 352 g/mol. The Balaban J connectivity index is 2.92. The lowest BCUT2D eigenvalue weighted by Crippen LogP contribution is -2.39. The molecule has 0 saturated heterocycles. The summed E-state index contributed by atoms with van der Waals surface area (Å²) in [6.07, 6.45) is 0. The number of nitrogens with one attached hydrogen (secondary N) is 1. The van der Waals surface area contributed by atoms with E-state index in [9.17, 15) is 8.42 Å². The zero-order valence-electron chi connectivity index (χ0n) is 11.4. The molecule has 0 bridgehead atoms. The molecule has 1 aromatic rings. The van der Waals surface area contributed by atoms with E-state index in [4.69, 9.17) is 9.47 Å². The number of benzene rings is 1. The first-order valence-corrected chi connectivity index (χ1v) is 7.88. The molecular formula is C12H18BrNO4S. The van der Waals surface area contributed by atoms with Crippen LogP contribution in [0.4, 0.5) is 0 Å². The van der Waals surface area contributed by atoms with Gasteiger partial charge in [-0.05, 0) is 48.0 Å². The van der Waals surface area contributed by atoms with Gasteiger partial charge in [0.1, 0.15) is 5.75 Å². The Morgan fingerprint density at radius 3 is 2.42 bits per heavy atom. The van der Waals surface area contributed by atoms with Crippen molar-refractivity contribution in [3.05, 3.63) is 22.7 Å². The van der Waals surface area contributed by atoms with Gasteiger partial charge >= 0.3 is 0 Å². The molecule has 1 rings (SSSR count). The molecule has 0 saturated carbocycles. The second-order valence-corrected chi connectivity index (χ2v) is 7.21. The highest BCUT2D eigenvalue weighted by Crippen LogP contribution is 2.27. The predicted molar refractivity (Wildman–Crippen MR) is 77.0 cm³/mol. The maximum Gasteiger partial charge on any atom is 0.240 e. The average Bonchev–Trinajstić information content (AvgIpc) is 2.36. The molecule has 0 fully saturated rings. The number of hydrogen-bond donors (Lipinski definition) is 1. The minimum Gasteiger partial charge on any atom is -0.496 e. The van der Waals surface area contributed by atoms with Crippen molar-refractivity contribution in [2.24, 2.45) is 0 Å². The zero-order chi connectivity index (χ0) is 14.7. The monoisotopic (exact) mass is 351 g/mol. The quantitative estimate of drug-likeness (QED) is 0.852. The fourth-order valence-electron chi connectivity index (χ4n) is 1.24. The van der Waals surface area contributed by atoms with E-state index in [0.717, 1.165) is 0 Å². The van der Waals surface area contributed by atoms with Crippen molar-refractivity contribution in [2.75, 3.05) is 20.8 Å². The van der Waals surface area contributed by atoms with Gasteiger partial charge in [0.25, 0.3) is 0 Å². The molecule has 0 aliphatic rings. The topological polar surface area (TPSA) is 64.6 Å². The van der Waals surface area contributed by atoms with Crippen LogP contribution in [0.5, 0.6) is 5.75 Å². The lowest BCUT2D eigenvalue weighted by Gasteiger charge is -2.23. The van der Waals surface area contributed by atoms with E-state index < -0.39 is 15.6 Å². The number of halogens is 1. The van der Waals surface area contributed by atoms with Gasteiger partial charge in [-0.25, -0.2) is 13.1 Å². The van der Waals surface area contributed by atoms with Crippen LogP contribution in [0.25, 0.3) is 0 Å². The maximum absolute atomic E-state index is 12.1. The molecule has 7 heteroatoms. The summed E-state index contributed by atoms with van der Waals surface area (Å²) in [7, 11) is -0.505. The summed E-state index contributed by atoms with van der Waals surface area (Å²) in [6, 6.07) is 4.59. The van der Waals surface area contributed by atoms with Crippen LogP contribution in [0, 0.1) is 0 Å². The Labute approximate surface area is 122 Å². The molecule has 0 aliphatic carbocycles. The number of sulfonamides is 1. The molecular weight excluding hydrogens is 334 g/mol. The summed E-state index contributed by atoms with van der Waals surface area (Å²) >= 11 is 3.26. The van der Waals surface area contributed by atoms with E-state index >= 15 is 0 Å². The van der Waals surface area contributed by atoms with Crippen molar-refractivity contribution in [1.29, 1.82) is 0 Å². The first kappa shape index (κ1) is 16.4. The van der Waals surface area contributed by atoms with Crippen molar-refractivity contribution in [1.82, 2.24) is 4.72 Å². The van der Waals surface area contributed by atoms with Crippen molar-refractivity contribution in [3.8, 4) is 5.75 Å². The minimum absolute atomic E-state index is 0.173. The number of rotatable bonds is 6. The van der Waals surface area contributed by atoms with Crippen molar-refractivity contribution in [3.63, 3.8) is 0 Å². The third-order valence-electron chi connectivity index (χ3n) is 2.67. The van der Waals surface area contributed by atoms with Gasteiger partial charge in [-0.1, -0.05) is 0 Å². The van der Waals surface area contributed by atoms with E-state index in [1.807, 2.05) is 0 Å². The van der Waals surface area contributed by atoms with Crippen LogP contribution in [0.2, 0.25) is 0 Å². The Kier molecular flexibility index (Phi) is 5.37. The molecule has 5 nitrogen and oxygen atoms in total. The van der Waals surface area contributed by atoms with Crippen LogP contribution in [-0.4, -0.2) is 34.8 Å². The Morgan fingerprint density at radius 2 is 1.95 bits per heavy atom. The molecule has 108 valence electrons. The van der Waals surface area contributed by atoms with Gasteiger partial charge < -0.3 is 9.47 Å². The third kappa shape index (κ3) is 4.45. The molecule has 0 aromatic heterocycles. The molecule has 0 heterocycles. The van der Waals surface area contributed by atoms with Crippen LogP contribution in [-0.2, 0) is 14.8 Å². The van der Waals surface area contributed by atoms with Gasteiger partial charge in [0.15, 0.2) is 0 Å². The molecule has 19 heavy (non-hydrogen) atoms. The first-order valence-electron chi connectivity index (χ1n) is 5.60. The van der Waals surface area contributed by atoms with E-state index in [2.05, 4.69) is 20.7 Å². The van der Waals surface area contributed by atoms with Crippen LogP contribution in [0.15, 0.2) is 27.6 Å². The van der Waals surface area contributed by atoms with Crippen molar-refractivity contribution < 1.29 is 17.9 Å². The normalized spacial score (nSPS) is 12.5. The number of hydrogen-bond acceptors (Lipinski definition) is 4. The first-order chi connectivity index (χ1) is 8.72. The number of ether oxygens (including phenoxy) is 2. The molecule has 0 unspecified atom stereocenters. The van der Waals surface area contributed by atoms with Gasteiger partial charge in [0.05, 0.1) is 22.1 Å². The minimum atomic E-state index is -3.57. The van der Waals surface area contributed by atoms with Gasteiger partial charge in [0, 0.05) is 13.7 Å². The van der Waals surface area contributed by atoms with E-state index in [0.29, 0.717) is 10.2 Å². The molecule has 1 aromatic carbocycles. The van der Waals surface area contributed by atoms with Gasteiger partial charge in [-0.2, -0.15) is 0 Å². The summed E-state index contributed by atoms with van der Waals surface area (Å²) in [6.45, 7) is 3.80. The highest BCUT2D eigenvalue weighted by molar-refractivity contribution is 9.10. The Bertz CT molecular complexity index is 543. The van der Waals surface area contributed by atoms with E-state index in [1.165, 1.54) is 26.4 Å². The third-order valence-corrected chi connectivity index (χ3v) is 4.69. The largest absolute Gasteiger partial charge is 0.496 e. The van der Waals surface area contributed by atoms with Crippen LogP contribution in [0.1, 0.15) is 13.8 Å². The fourth-order valence-corrected chi connectivity index (χ4v) is 3.16. The van der Waals surface area contributed by atoms with Gasteiger partial charge in [-0.3, -0.25) is 0 Å². The van der Waals surface area contributed by atoms with Crippen LogP contribution >= 0.6 is 15.9 Å². The van der Waals surface area contributed by atoms with Gasteiger partial charge in [0.2, 0.25) is 10.0 Å². The van der Waals surface area contributed by atoms with Gasteiger partial charge in [-0.15, -0.1) is 0 Å². The van der Waals surface area contributed by atoms with E-state index in [1.54, 1.807) is 19.9 Å². The molecule has 0 amide bonds.